The Bertz CT molecular complexity index is 422. The van der Waals surface area contributed by atoms with Crippen molar-refractivity contribution in [3.05, 3.63) is 10.6 Å². The molecular formula is C6H6F3N3O2S. The number of aromatic amines is 1. The van der Waals surface area contributed by atoms with E-state index >= 15 is 0 Å². The molecule has 1 N–H and O–H groups in total. The molecule has 9 heteroatoms. The van der Waals surface area contributed by atoms with Gasteiger partial charge in [-0.15, -0.1) is 5.10 Å². The van der Waals surface area contributed by atoms with Crippen molar-refractivity contribution in [2.24, 2.45) is 0 Å². The summed E-state index contributed by atoms with van der Waals surface area (Å²) in [4.78, 5) is 10.8. The normalized spacial score (nSPS) is 11.5. The topological polar surface area (TPSA) is 59.9 Å². The Morgan fingerprint density at radius 2 is 2.27 bits per heavy atom. The number of esters is 1. The molecule has 0 radical (unpaired) electrons. The van der Waals surface area contributed by atoms with E-state index in [4.69, 9.17) is 0 Å². The van der Waals surface area contributed by atoms with Crippen LogP contribution in [-0.2, 0) is 22.3 Å². The fourth-order valence-electron chi connectivity index (χ4n) is 0.874. The van der Waals surface area contributed by atoms with Crippen LogP contribution in [0.2, 0.25) is 0 Å². The van der Waals surface area contributed by atoms with Gasteiger partial charge in [0.1, 0.15) is 6.54 Å². The molecule has 1 aromatic rings. The minimum Gasteiger partial charge on any atom is -0.468 e. The third-order valence-electron chi connectivity index (χ3n) is 1.53. The van der Waals surface area contributed by atoms with Crippen molar-refractivity contribution in [3.8, 4) is 0 Å². The van der Waals surface area contributed by atoms with Crippen LogP contribution in [0.4, 0.5) is 13.2 Å². The lowest BCUT2D eigenvalue weighted by molar-refractivity contribution is -0.150. The van der Waals surface area contributed by atoms with Gasteiger partial charge in [-0.2, -0.15) is 13.2 Å². The molecule has 0 aromatic carbocycles. The Balaban J connectivity index is 3.11. The van der Waals surface area contributed by atoms with Crippen LogP contribution in [0.3, 0.4) is 0 Å². The van der Waals surface area contributed by atoms with Gasteiger partial charge in [0.25, 0.3) is 0 Å². The predicted molar refractivity (Wildman–Crippen MR) is 44.4 cm³/mol. The number of nitrogens with one attached hydrogen (secondary N) is 1. The largest absolute Gasteiger partial charge is 0.468 e. The molecule has 0 unspecified atom stereocenters. The maximum Gasteiger partial charge on any atom is 0.451 e. The molecule has 0 amide bonds. The van der Waals surface area contributed by atoms with Gasteiger partial charge in [-0.05, 0) is 12.2 Å². The van der Waals surface area contributed by atoms with Gasteiger partial charge >= 0.3 is 12.1 Å². The Morgan fingerprint density at radius 3 is 2.73 bits per heavy atom. The highest BCUT2D eigenvalue weighted by atomic mass is 32.1. The number of carbonyl (C=O) groups is 1. The van der Waals surface area contributed by atoms with E-state index in [2.05, 4.69) is 22.1 Å². The minimum atomic E-state index is -4.67. The number of methoxy groups -OCH3 is 1. The van der Waals surface area contributed by atoms with E-state index in [0.717, 1.165) is 7.11 Å². The molecule has 0 aliphatic carbocycles. The Labute approximate surface area is 86.8 Å². The number of H-pyrrole nitrogens is 1. The number of aromatic nitrogens is 3. The van der Waals surface area contributed by atoms with Crippen LogP contribution in [-0.4, -0.2) is 27.8 Å². The summed E-state index contributed by atoms with van der Waals surface area (Å²) in [6, 6.07) is 0. The quantitative estimate of drug-likeness (QED) is 0.623. The Hall–Kier alpha value is -1.38. The second-order valence-corrected chi connectivity index (χ2v) is 2.90. The average Bonchev–Trinajstić information content (AvgIpc) is 2.47. The lowest BCUT2D eigenvalue weighted by Crippen LogP contribution is -2.19. The van der Waals surface area contributed by atoms with Crippen LogP contribution in [0.5, 0.6) is 0 Å². The summed E-state index contributed by atoms with van der Waals surface area (Å²) in [5.74, 6) is -2.09. The Morgan fingerprint density at radius 1 is 1.67 bits per heavy atom. The summed E-state index contributed by atoms with van der Waals surface area (Å²) in [7, 11) is 1.07. The summed E-state index contributed by atoms with van der Waals surface area (Å²) in [6.45, 7) is -0.624. The van der Waals surface area contributed by atoms with Crippen molar-refractivity contribution in [2.45, 2.75) is 12.7 Å². The maximum absolute atomic E-state index is 12.3. The van der Waals surface area contributed by atoms with Crippen molar-refractivity contribution in [3.63, 3.8) is 0 Å². The number of ether oxygens (including phenoxy) is 1. The Kier molecular flexibility index (Phi) is 3.12. The second kappa shape index (κ2) is 4.01. The zero-order valence-electron chi connectivity index (χ0n) is 7.46. The molecule has 5 nitrogen and oxygen atoms in total. The molecule has 0 spiro atoms. The molecule has 1 heterocycles. The highest BCUT2D eigenvalue weighted by Crippen LogP contribution is 2.27. The zero-order valence-corrected chi connectivity index (χ0v) is 8.28. The number of rotatable bonds is 2. The molecule has 0 aliphatic rings. The van der Waals surface area contributed by atoms with Gasteiger partial charge in [-0.3, -0.25) is 14.5 Å². The summed E-state index contributed by atoms with van der Waals surface area (Å²) in [6.07, 6.45) is -4.67. The van der Waals surface area contributed by atoms with Crippen molar-refractivity contribution in [1.29, 1.82) is 0 Å². The lowest BCUT2D eigenvalue weighted by atomic mass is 10.5. The number of nitrogens with zero attached hydrogens (tertiary/aromatic N) is 2. The molecule has 0 aliphatic heterocycles. The first-order valence-electron chi connectivity index (χ1n) is 3.65. The first-order chi connectivity index (χ1) is 6.86. The number of hydrogen-bond acceptors (Lipinski definition) is 4. The van der Waals surface area contributed by atoms with Crippen LogP contribution < -0.4 is 0 Å². The van der Waals surface area contributed by atoms with Crippen LogP contribution in [0, 0.1) is 4.77 Å². The van der Waals surface area contributed by atoms with E-state index in [1.165, 1.54) is 0 Å². The third-order valence-corrected chi connectivity index (χ3v) is 1.84. The van der Waals surface area contributed by atoms with Crippen LogP contribution in [0.1, 0.15) is 5.82 Å². The van der Waals surface area contributed by atoms with Gasteiger partial charge in [0, 0.05) is 0 Å². The molecule has 0 saturated heterocycles. The standard InChI is InChI=1S/C6H6F3N3O2S/c1-14-3(13)2-12-4(6(7,8)9)10-11-5(12)15/h2H2,1H3,(H,11,15). The molecule has 1 rings (SSSR count). The highest BCUT2D eigenvalue weighted by molar-refractivity contribution is 7.71. The van der Waals surface area contributed by atoms with Crippen molar-refractivity contribution >= 4 is 18.2 Å². The SMILES string of the molecule is COC(=O)Cn1c(C(F)(F)F)n[nH]c1=S. The van der Waals surface area contributed by atoms with E-state index in [-0.39, 0.29) is 4.77 Å². The van der Waals surface area contributed by atoms with Gasteiger partial charge in [-0.1, -0.05) is 0 Å². The summed E-state index contributed by atoms with van der Waals surface area (Å²) >= 11 is 4.55. The number of carbonyl (C=O) groups excluding carboxylic acids is 1. The first kappa shape index (κ1) is 11.7. The molecule has 15 heavy (non-hydrogen) atoms. The van der Waals surface area contributed by atoms with Gasteiger partial charge in [0.2, 0.25) is 5.82 Å². The van der Waals surface area contributed by atoms with Crippen LogP contribution in [0.25, 0.3) is 0 Å². The predicted octanol–water partition coefficient (Wildman–Crippen LogP) is 1.13. The maximum atomic E-state index is 12.3. The van der Waals surface area contributed by atoms with E-state index in [1.54, 1.807) is 0 Å². The van der Waals surface area contributed by atoms with Gasteiger partial charge in [-0.25, -0.2) is 0 Å². The monoisotopic (exact) mass is 241 g/mol. The van der Waals surface area contributed by atoms with E-state index in [1.807, 2.05) is 5.10 Å². The minimum absolute atomic E-state index is 0.285. The molecule has 0 saturated carbocycles. The molecule has 0 fully saturated rings. The first-order valence-corrected chi connectivity index (χ1v) is 4.06. The zero-order chi connectivity index (χ0) is 11.6. The summed E-state index contributed by atoms with van der Waals surface area (Å²) in [5.41, 5.74) is 0. The molecule has 84 valence electrons. The lowest BCUT2D eigenvalue weighted by Gasteiger charge is -2.07. The molecular weight excluding hydrogens is 235 g/mol. The molecule has 0 atom stereocenters. The number of halogens is 3. The molecule has 1 aromatic heterocycles. The van der Waals surface area contributed by atoms with Crippen molar-refractivity contribution in [2.75, 3.05) is 7.11 Å². The van der Waals surface area contributed by atoms with E-state index in [9.17, 15) is 18.0 Å². The number of hydrogen-bond donors (Lipinski definition) is 1. The highest BCUT2D eigenvalue weighted by Gasteiger charge is 2.37. The fraction of sp³-hybridized carbons (Fsp3) is 0.500. The average molecular weight is 241 g/mol. The van der Waals surface area contributed by atoms with Crippen LogP contribution >= 0.6 is 12.2 Å². The molecule has 0 bridgehead atoms. The van der Waals surface area contributed by atoms with Crippen LogP contribution in [0.15, 0.2) is 0 Å². The van der Waals surface area contributed by atoms with Crippen molar-refractivity contribution < 1.29 is 22.7 Å². The smallest absolute Gasteiger partial charge is 0.451 e. The summed E-state index contributed by atoms with van der Waals surface area (Å²) in [5, 5.41) is 4.95. The second-order valence-electron chi connectivity index (χ2n) is 2.51. The number of alkyl halides is 3. The van der Waals surface area contributed by atoms with Gasteiger partial charge in [0.15, 0.2) is 4.77 Å². The van der Waals surface area contributed by atoms with E-state index in [0.29, 0.717) is 4.57 Å². The summed E-state index contributed by atoms with van der Waals surface area (Å²) < 4.78 is 41.4. The fourth-order valence-corrected chi connectivity index (χ4v) is 1.07. The van der Waals surface area contributed by atoms with Gasteiger partial charge < -0.3 is 4.74 Å². The third kappa shape index (κ3) is 2.55. The van der Waals surface area contributed by atoms with Gasteiger partial charge in [0.05, 0.1) is 7.11 Å². The van der Waals surface area contributed by atoms with Crippen molar-refractivity contribution in [1.82, 2.24) is 14.8 Å². The van der Waals surface area contributed by atoms with E-state index < -0.39 is 24.5 Å².